The summed E-state index contributed by atoms with van der Waals surface area (Å²) >= 11 is 0. The number of carbonyl (C=O) groups is 1. The second-order valence-electron chi connectivity index (χ2n) is 5.08. The molecular formula is C15H22N2O2. The number of rotatable bonds is 4. The number of piperidine rings is 1. The van der Waals surface area contributed by atoms with Gasteiger partial charge in [-0.05, 0) is 25.5 Å². The Morgan fingerprint density at radius 1 is 1.42 bits per heavy atom. The molecule has 0 spiro atoms. The summed E-state index contributed by atoms with van der Waals surface area (Å²) in [6.07, 6.45) is 5.36. The van der Waals surface area contributed by atoms with E-state index in [4.69, 9.17) is 4.74 Å². The van der Waals surface area contributed by atoms with E-state index in [0.717, 1.165) is 43.8 Å². The van der Waals surface area contributed by atoms with Gasteiger partial charge in [-0.25, -0.2) is 0 Å². The molecule has 0 radical (unpaired) electrons. The topological polar surface area (TPSA) is 42.4 Å². The van der Waals surface area contributed by atoms with E-state index in [9.17, 15) is 4.79 Å². The Morgan fingerprint density at radius 2 is 2.16 bits per heavy atom. The first-order chi connectivity index (χ1) is 9.19. The average Bonchev–Trinajstić information content (AvgIpc) is 2.42. The van der Waals surface area contributed by atoms with Gasteiger partial charge in [0.2, 0.25) is 5.91 Å². The monoisotopic (exact) mass is 262 g/mol. The molecule has 0 N–H and O–H groups in total. The number of carbonyl (C=O) groups excluding carboxylic acids is 1. The highest BCUT2D eigenvalue weighted by Gasteiger charge is 2.23. The maximum Gasteiger partial charge on any atom is 0.222 e. The lowest BCUT2D eigenvalue weighted by atomic mass is 10.1. The summed E-state index contributed by atoms with van der Waals surface area (Å²) in [5.74, 6) is 1.10. The van der Waals surface area contributed by atoms with Crippen molar-refractivity contribution >= 4 is 5.91 Å². The van der Waals surface area contributed by atoms with Crippen molar-refractivity contribution in [3.63, 3.8) is 0 Å². The van der Waals surface area contributed by atoms with Crippen LogP contribution in [0.25, 0.3) is 0 Å². The van der Waals surface area contributed by atoms with Crippen LogP contribution < -0.4 is 4.74 Å². The minimum atomic E-state index is 0.204. The van der Waals surface area contributed by atoms with Crippen molar-refractivity contribution < 1.29 is 9.53 Å². The van der Waals surface area contributed by atoms with E-state index in [2.05, 4.69) is 4.98 Å². The summed E-state index contributed by atoms with van der Waals surface area (Å²) in [6.45, 7) is 5.62. The average molecular weight is 262 g/mol. The van der Waals surface area contributed by atoms with Crippen molar-refractivity contribution in [1.82, 2.24) is 9.88 Å². The fourth-order valence-electron chi connectivity index (χ4n) is 2.31. The molecule has 0 atom stereocenters. The van der Waals surface area contributed by atoms with Gasteiger partial charge in [0.1, 0.15) is 11.9 Å². The first-order valence-electron chi connectivity index (χ1n) is 7.06. The predicted octanol–water partition coefficient (Wildman–Crippen LogP) is 2.56. The van der Waals surface area contributed by atoms with Gasteiger partial charge in [-0.2, -0.15) is 0 Å². The second kappa shape index (κ2) is 6.55. The zero-order chi connectivity index (χ0) is 13.7. The normalized spacial score (nSPS) is 16.4. The molecule has 2 rings (SSSR count). The van der Waals surface area contributed by atoms with Crippen LogP contribution >= 0.6 is 0 Å². The molecule has 4 heteroatoms. The molecule has 1 aromatic rings. The first-order valence-corrected chi connectivity index (χ1v) is 7.06. The van der Waals surface area contributed by atoms with Crippen LogP contribution in [-0.4, -0.2) is 35.0 Å². The molecule has 0 bridgehead atoms. The number of hydrogen-bond donors (Lipinski definition) is 0. The van der Waals surface area contributed by atoms with Gasteiger partial charge < -0.3 is 9.64 Å². The molecule has 0 unspecified atom stereocenters. The third-order valence-electron chi connectivity index (χ3n) is 3.45. The molecule has 1 saturated heterocycles. The second-order valence-corrected chi connectivity index (χ2v) is 5.08. The highest BCUT2D eigenvalue weighted by atomic mass is 16.5. The molecule has 1 aliphatic heterocycles. The zero-order valence-electron chi connectivity index (χ0n) is 11.8. The Bertz CT molecular complexity index is 409. The SMILES string of the molecule is CCCC(=O)N1CCC(Oc2ccc(C)nc2)CC1. The van der Waals surface area contributed by atoms with E-state index in [1.807, 2.05) is 30.9 Å². The highest BCUT2D eigenvalue weighted by Crippen LogP contribution is 2.19. The van der Waals surface area contributed by atoms with E-state index in [1.165, 1.54) is 0 Å². The Balaban J connectivity index is 1.80. The summed E-state index contributed by atoms with van der Waals surface area (Å²) in [5.41, 5.74) is 0.993. The minimum absolute atomic E-state index is 0.204. The maximum atomic E-state index is 11.8. The number of amides is 1. The summed E-state index contributed by atoms with van der Waals surface area (Å²) in [5, 5.41) is 0. The molecular weight excluding hydrogens is 240 g/mol. The Labute approximate surface area is 114 Å². The number of pyridine rings is 1. The zero-order valence-corrected chi connectivity index (χ0v) is 11.8. The fourth-order valence-corrected chi connectivity index (χ4v) is 2.31. The largest absolute Gasteiger partial charge is 0.489 e. The van der Waals surface area contributed by atoms with Crippen molar-refractivity contribution in [1.29, 1.82) is 0 Å². The van der Waals surface area contributed by atoms with E-state index in [-0.39, 0.29) is 12.0 Å². The number of aromatic nitrogens is 1. The third-order valence-corrected chi connectivity index (χ3v) is 3.45. The lowest BCUT2D eigenvalue weighted by Crippen LogP contribution is -2.41. The Morgan fingerprint density at radius 3 is 2.74 bits per heavy atom. The van der Waals surface area contributed by atoms with Crippen LogP contribution in [0, 0.1) is 6.92 Å². The molecule has 1 amide bonds. The van der Waals surface area contributed by atoms with Crippen LogP contribution in [-0.2, 0) is 4.79 Å². The maximum absolute atomic E-state index is 11.8. The van der Waals surface area contributed by atoms with Crippen molar-refractivity contribution in [2.24, 2.45) is 0 Å². The summed E-state index contributed by atoms with van der Waals surface area (Å²) in [6, 6.07) is 3.91. The van der Waals surface area contributed by atoms with Crippen molar-refractivity contribution in [2.45, 2.75) is 45.6 Å². The molecule has 0 aliphatic carbocycles. The third kappa shape index (κ3) is 3.94. The molecule has 0 saturated carbocycles. The van der Waals surface area contributed by atoms with Crippen LogP contribution in [0.4, 0.5) is 0 Å². The van der Waals surface area contributed by atoms with Crippen LogP contribution in [0.3, 0.4) is 0 Å². The van der Waals surface area contributed by atoms with Crippen LogP contribution in [0.5, 0.6) is 5.75 Å². The molecule has 0 aromatic carbocycles. The quantitative estimate of drug-likeness (QED) is 0.837. The summed E-state index contributed by atoms with van der Waals surface area (Å²) in [4.78, 5) is 18.0. The summed E-state index contributed by atoms with van der Waals surface area (Å²) in [7, 11) is 0. The molecule has 104 valence electrons. The molecule has 1 aliphatic rings. The number of ether oxygens (including phenoxy) is 1. The Hall–Kier alpha value is -1.58. The molecule has 1 aromatic heterocycles. The fraction of sp³-hybridized carbons (Fsp3) is 0.600. The molecule has 4 nitrogen and oxygen atoms in total. The van der Waals surface area contributed by atoms with Crippen molar-refractivity contribution in [3.8, 4) is 5.75 Å². The van der Waals surface area contributed by atoms with Crippen LogP contribution in [0.2, 0.25) is 0 Å². The van der Waals surface area contributed by atoms with Gasteiger partial charge in [0.25, 0.3) is 0 Å². The lowest BCUT2D eigenvalue weighted by Gasteiger charge is -2.32. The lowest BCUT2D eigenvalue weighted by molar-refractivity contribution is -0.133. The van der Waals surface area contributed by atoms with Crippen molar-refractivity contribution in [2.75, 3.05) is 13.1 Å². The van der Waals surface area contributed by atoms with Crippen LogP contribution in [0.1, 0.15) is 38.3 Å². The minimum Gasteiger partial charge on any atom is -0.489 e. The Kier molecular flexibility index (Phi) is 4.77. The predicted molar refractivity (Wildman–Crippen MR) is 74.1 cm³/mol. The standard InChI is InChI=1S/C15H22N2O2/c1-3-4-15(18)17-9-7-13(8-10-17)19-14-6-5-12(2)16-11-14/h5-6,11,13H,3-4,7-10H2,1-2H3. The molecule has 2 heterocycles. The van der Waals surface area contributed by atoms with Gasteiger partial charge in [-0.15, -0.1) is 0 Å². The number of hydrogen-bond acceptors (Lipinski definition) is 3. The molecule has 1 fully saturated rings. The van der Waals surface area contributed by atoms with E-state index >= 15 is 0 Å². The van der Waals surface area contributed by atoms with E-state index in [1.54, 1.807) is 6.20 Å². The van der Waals surface area contributed by atoms with E-state index < -0.39 is 0 Å². The molecule has 19 heavy (non-hydrogen) atoms. The van der Waals surface area contributed by atoms with Crippen LogP contribution in [0.15, 0.2) is 18.3 Å². The first kappa shape index (κ1) is 13.8. The summed E-state index contributed by atoms with van der Waals surface area (Å²) < 4.78 is 5.90. The highest BCUT2D eigenvalue weighted by molar-refractivity contribution is 5.76. The van der Waals surface area contributed by atoms with Gasteiger partial charge in [0.05, 0.1) is 6.20 Å². The smallest absolute Gasteiger partial charge is 0.222 e. The van der Waals surface area contributed by atoms with Gasteiger partial charge in [0, 0.05) is 38.0 Å². The number of aryl methyl sites for hydroxylation is 1. The van der Waals surface area contributed by atoms with Gasteiger partial charge in [-0.3, -0.25) is 9.78 Å². The van der Waals surface area contributed by atoms with Crippen molar-refractivity contribution in [3.05, 3.63) is 24.0 Å². The number of nitrogens with zero attached hydrogens (tertiary/aromatic N) is 2. The van der Waals surface area contributed by atoms with Gasteiger partial charge in [0.15, 0.2) is 0 Å². The number of likely N-dealkylation sites (tertiary alicyclic amines) is 1. The van der Waals surface area contributed by atoms with E-state index in [0.29, 0.717) is 6.42 Å². The van der Waals surface area contributed by atoms with Gasteiger partial charge >= 0.3 is 0 Å². The van der Waals surface area contributed by atoms with Gasteiger partial charge in [-0.1, -0.05) is 6.92 Å².